The molecule has 1 aliphatic rings. The minimum atomic E-state index is -3.97. The lowest BCUT2D eigenvalue weighted by molar-refractivity contribution is -0.133. The summed E-state index contributed by atoms with van der Waals surface area (Å²) >= 11 is 6.02. The zero-order valence-corrected chi connectivity index (χ0v) is 22.0. The van der Waals surface area contributed by atoms with Gasteiger partial charge in [0.2, 0.25) is 15.9 Å². The van der Waals surface area contributed by atoms with Gasteiger partial charge in [0.1, 0.15) is 10.6 Å². The summed E-state index contributed by atoms with van der Waals surface area (Å²) in [5, 5.41) is 0.275. The first-order chi connectivity index (χ1) is 17.3. The largest absolute Gasteiger partial charge is 0.495 e. The number of carbonyl (C=O) groups is 1. The molecule has 4 rings (SSSR count). The maximum Gasteiger partial charge on any atom is 0.247 e. The Morgan fingerprint density at radius 2 is 1.50 bits per heavy atom. The molecule has 9 heteroatoms. The third-order valence-corrected chi connectivity index (χ3v) is 8.49. The number of hydrogen-bond donors (Lipinski definition) is 0. The van der Waals surface area contributed by atoms with Crippen molar-refractivity contribution in [3.63, 3.8) is 0 Å². The quantitative estimate of drug-likeness (QED) is 0.444. The molecule has 7 nitrogen and oxygen atoms in total. The minimum absolute atomic E-state index is 0.0637. The van der Waals surface area contributed by atoms with Gasteiger partial charge in [-0.3, -0.25) is 9.69 Å². The van der Waals surface area contributed by atoms with Crippen LogP contribution in [0.15, 0.2) is 83.8 Å². The Labute approximate surface area is 217 Å². The lowest BCUT2D eigenvalue weighted by Gasteiger charge is -2.40. The molecule has 1 aliphatic heterocycles. The second kappa shape index (κ2) is 11.4. The van der Waals surface area contributed by atoms with Crippen molar-refractivity contribution in [3.8, 4) is 5.75 Å². The topological polar surface area (TPSA) is 70.2 Å². The van der Waals surface area contributed by atoms with Crippen LogP contribution in [0.4, 0.5) is 0 Å². The molecule has 3 aromatic carbocycles. The highest BCUT2D eigenvalue weighted by Crippen LogP contribution is 2.31. The highest BCUT2D eigenvalue weighted by atomic mass is 35.5. The maximum absolute atomic E-state index is 13.1. The summed E-state index contributed by atoms with van der Waals surface area (Å²) in [5.41, 5.74) is 2.40. The number of sulfonamides is 1. The molecule has 0 aliphatic carbocycles. The monoisotopic (exact) mass is 527 g/mol. The van der Waals surface area contributed by atoms with Crippen LogP contribution in [0.3, 0.4) is 0 Å². The Hall–Kier alpha value is -2.91. The van der Waals surface area contributed by atoms with Crippen molar-refractivity contribution in [2.45, 2.75) is 10.9 Å². The summed E-state index contributed by atoms with van der Waals surface area (Å²) in [6.45, 7) is 2.13. The molecule has 0 spiro atoms. The molecule has 190 valence electrons. The minimum Gasteiger partial charge on any atom is -0.495 e. The number of halogens is 1. The van der Waals surface area contributed by atoms with E-state index in [1.54, 1.807) is 11.0 Å². The van der Waals surface area contributed by atoms with Crippen LogP contribution < -0.4 is 4.74 Å². The molecule has 0 bridgehead atoms. The average Bonchev–Trinajstić information content (AvgIpc) is 2.90. The molecule has 1 saturated heterocycles. The van der Waals surface area contributed by atoms with Crippen LogP contribution in [0.1, 0.15) is 17.2 Å². The third kappa shape index (κ3) is 5.73. The van der Waals surface area contributed by atoms with Crippen molar-refractivity contribution in [3.05, 3.63) is 95.0 Å². The Morgan fingerprint density at radius 3 is 2.03 bits per heavy atom. The summed E-state index contributed by atoms with van der Waals surface area (Å²) in [7, 11) is -1.18. The molecule has 0 radical (unpaired) electrons. The van der Waals surface area contributed by atoms with Gasteiger partial charge in [0.15, 0.2) is 0 Å². The number of likely N-dealkylation sites (N-methyl/N-ethyl adjacent to an activating group) is 1. The van der Waals surface area contributed by atoms with E-state index in [0.29, 0.717) is 26.2 Å². The fourth-order valence-corrected chi connectivity index (χ4v) is 6.04. The van der Waals surface area contributed by atoms with Gasteiger partial charge < -0.3 is 9.64 Å². The van der Waals surface area contributed by atoms with E-state index in [-0.39, 0.29) is 34.2 Å². The third-order valence-electron chi connectivity index (χ3n) is 6.43. The zero-order chi connectivity index (χ0) is 25.7. The molecule has 1 amide bonds. The van der Waals surface area contributed by atoms with Gasteiger partial charge in [-0.2, -0.15) is 4.31 Å². The van der Waals surface area contributed by atoms with E-state index in [1.807, 2.05) is 36.4 Å². The molecular weight excluding hydrogens is 498 g/mol. The molecule has 36 heavy (non-hydrogen) atoms. The van der Waals surface area contributed by atoms with Crippen molar-refractivity contribution < 1.29 is 17.9 Å². The molecular formula is C27H30ClN3O4S. The van der Waals surface area contributed by atoms with E-state index in [0.717, 1.165) is 4.31 Å². The number of carbonyl (C=O) groups excluding carboxylic acids is 1. The predicted molar refractivity (Wildman–Crippen MR) is 141 cm³/mol. The van der Waals surface area contributed by atoms with E-state index < -0.39 is 10.0 Å². The predicted octanol–water partition coefficient (Wildman–Crippen LogP) is 3.90. The van der Waals surface area contributed by atoms with Crippen LogP contribution in [0, 0.1) is 0 Å². The van der Waals surface area contributed by atoms with Gasteiger partial charge >= 0.3 is 0 Å². The number of benzene rings is 3. The maximum atomic E-state index is 13.1. The van der Waals surface area contributed by atoms with Crippen molar-refractivity contribution in [2.24, 2.45) is 0 Å². The number of methoxy groups -OCH3 is 1. The Morgan fingerprint density at radius 1 is 0.944 bits per heavy atom. The normalized spacial score (nSPS) is 14.9. The first kappa shape index (κ1) is 26.2. The fraction of sp³-hybridized carbons (Fsp3) is 0.296. The molecule has 0 N–H and O–H groups in total. The van der Waals surface area contributed by atoms with Gasteiger partial charge in [0.05, 0.1) is 19.7 Å². The summed E-state index contributed by atoms with van der Waals surface area (Å²) in [6.07, 6.45) is 0. The zero-order valence-electron chi connectivity index (χ0n) is 20.4. The van der Waals surface area contributed by atoms with E-state index in [4.69, 9.17) is 16.3 Å². The average molecular weight is 528 g/mol. The van der Waals surface area contributed by atoms with E-state index >= 15 is 0 Å². The number of rotatable bonds is 8. The summed E-state index contributed by atoms with van der Waals surface area (Å²) in [4.78, 5) is 17.1. The standard InChI is InChI=1S/C27H30ClN3O4S/c1-29(36(33,34)25-19-23(28)13-14-24(25)35-2)20-26(32)30-15-17-31(18-16-30)27(21-9-5-3-6-10-21)22-11-7-4-8-12-22/h3-14,19,27H,15-18,20H2,1-2H3. The number of ether oxygens (including phenoxy) is 1. The molecule has 0 saturated carbocycles. The summed E-state index contributed by atoms with van der Waals surface area (Å²) in [5.74, 6) is -0.0575. The Balaban J connectivity index is 1.44. The van der Waals surface area contributed by atoms with Crippen LogP contribution in [0.25, 0.3) is 0 Å². The van der Waals surface area contributed by atoms with Crippen molar-refractivity contribution >= 4 is 27.5 Å². The molecule has 0 aromatic heterocycles. The van der Waals surface area contributed by atoms with Crippen molar-refractivity contribution in [2.75, 3.05) is 46.9 Å². The van der Waals surface area contributed by atoms with Gasteiger partial charge in [-0.1, -0.05) is 72.3 Å². The second-order valence-corrected chi connectivity index (χ2v) is 11.1. The lowest BCUT2D eigenvalue weighted by Crippen LogP contribution is -2.52. The van der Waals surface area contributed by atoms with Crippen LogP contribution >= 0.6 is 11.6 Å². The fourth-order valence-electron chi connectivity index (χ4n) is 4.51. The van der Waals surface area contributed by atoms with Gasteiger partial charge in [-0.25, -0.2) is 8.42 Å². The molecule has 1 fully saturated rings. The molecule has 1 heterocycles. The van der Waals surface area contributed by atoms with E-state index in [2.05, 4.69) is 29.2 Å². The first-order valence-electron chi connectivity index (χ1n) is 11.7. The first-order valence-corrected chi connectivity index (χ1v) is 13.5. The lowest BCUT2D eigenvalue weighted by atomic mass is 9.96. The van der Waals surface area contributed by atoms with Crippen LogP contribution in [-0.4, -0.2) is 75.3 Å². The van der Waals surface area contributed by atoms with Crippen molar-refractivity contribution in [1.82, 2.24) is 14.1 Å². The number of piperazine rings is 1. The van der Waals surface area contributed by atoms with E-state index in [9.17, 15) is 13.2 Å². The molecule has 0 unspecified atom stereocenters. The molecule has 0 atom stereocenters. The van der Waals surface area contributed by atoms with E-state index in [1.165, 1.54) is 37.4 Å². The molecule has 3 aromatic rings. The highest BCUT2D eigenvalue weighted by Gasteiger charge is 2.31. The smallest absolute Gasteiger partial charge is 0.247 e. The Bertz CT molecular complexity index is 1240. The number of nitrogens with zero attached hydrogens (tertiary/aromatic N) is 3. The van der Waals surface area contributed by atoms with Gasteiger partial charge in [-0.15, -0.1) is 0 Å². The summed E-state index contributed by atoms with van der Waals surface area (Å²) < 4.78 is 32.5. The van der Waals surface area contributed by atoms with Crippen LogP contribution in [0.2, 0.25) is 5.02 Å². The highest BCUT2D eigenvalue weighted by molar-refractivity contribution is 7.89. The Kier molecular flexibility index (Phi) is 8.31. The van der Waals surface area contributed by atoms with Crippen molar-refractivity contribution in [1.29, 1.82) is 0 Å². The van der Waals surface area contributed by atoms with Gasteiger partial charge in [0.25, 0.3) is 0 Å². The SMILES string of the molecule is COc1ccc(Cl)cc1S(=O)(=O)N(C)CC(=O)N1CCN(C(c2ccccc2)c2ccccc2)CC1. The summed E-state index contributed by atoms with van der Waals surface area (Å²) in [6, 6.07) is 25.1. The van der Waals surface area contributed by atoms with Gasteiger partial charge in [0, 0.05) is 38.2 Å². The number of hydrogen-bond acceptors (Lipinski definition) is 5. The van der Waals surface area contributed by atoms with Gasteiger partial charge in [-0.05, 0) is 29.3 Å². The number of amides is 1. The second-order valence-electron chi connectivity index (χ2n) is 8.70. The van der Waals surface area contributed by atoms with Crippen LogP contribution in [-0.2, 0) is 14.8 Å². The van der Waals surface area contributed by atoms with Crippen LogP contribution in [0.5, 0.6) is 5.75 Å².